The Kier molecular flexibility index (Phi) is 4.42. The summed E-state index contributed by atoms with van der Waals surface area (Å²) in [6.45, 7) is 5.26. The maximum Gasteiger partial charge on any atom is 0.262 e. The molecule has 1 N–H and O–H groups in total. The molecule has 22 heavy (non-hydrogen) atoms. The predicted octanol–water partition coefficient (Wildman–Crippen LogP) is 2.91. The van der Waals surface area contributed by atoms with Crippen molar-refractivity contribution in [2.75, 3.05) is 14.1 Å². The van der Waals surface area contributed by atoms with Crippen molar-refractivity contribution in [1.29, 1.82) is 0 Å². The van der Waals surface area contributed by atoms with Gasteiger partial charge in [0.05, 0.1) is 9.75 Å². The lowest BCUT2D eigenvalue weighted by Crippen LogP contribution is -2.54. The van der Waals surface area contributed by atoms with E-state index in [9.17, 15) is 9.59 Å². The lowest BCUT2D eigenvalue weighted by molar-refractivity contribution is -0.134. The number of carbonyl (C=O) groups is 2. The first-order valence-corrected chi connectivity index (χ1v) is 7.73. The van der Waals surface area contributed by atoms with Crippen LogP contribution in [0.25, 0.3) is 10.6 Å². The first-order chi connectivity index (χ1) is 10.2. The molecule has 0 spiro atoms. The molecule has 2 aromatic heterocycles. The average molecular weight is 320 g/mol. The predicted molar refractivity (Wildman–Crippen MR) is 87.0 cm³/mol. The quantitative estimate of drug-likeness (QED) is 0.942. The molecule has 2 heterocycles. The maximum atomic E-state index is 12.3. The molecule has 2 amide bonds. The fraction of sp³-hybridized carbons (Fsp3) is 0.375. The molecule has 0 aliphatic carbocycles. The maximum absolute atomic E-state index is 12.3. The Labute approximate surface area is 133 Å². The van der Waals surface area contributed by atoms with E-state index in [4.69, 9.17) is 4.42 Å². The van der Waals surface area contributed by atoms with Gasteiger partial charge in [0.2, 0.25) is 5.91 Å². The highest BCUT2D eigenvalue weighted by atomic mass is 32.1. The smallest absolute Gasteiger partial charge is 0.262 e. The normalized spacial score (nSPS) is 11.3. The Morgan fingerprint density at radius 2 is 1.86 bits per heavy atom. The number of hydrogen-bond acceptors (Lipinski definition) is 4. The van der Waals surface area contributed by atoms with Crippen molar-refractivity contribution in [3.8, 4) is 10.6 Å². The van der Waals surface area contributed by atoms with Crippen molar-refractivity contribution >= 4 is 23.2 Å². The molecule has 0 aliphatic heterocycles. The molecular formula is C16H20N2O3S. The average Bonchev–Trinajstić information content (AvgIpc) is 3.05. The lowest BCUT2D eigenvalue weighted by Gasteiger charge is -2.27. The van der Waals surface area contributed by atoms with Crippen LogP contribution in [0.1, 0.15) is 29.3 Å². The van der Waals surface area contributed by atoms with E-state index < -0.39 is 5.54 Å². The molecule has 0 aromatic carbocycles. The molecule has 0 unspecified atom stereocenters. The summed E-state index contributed by atoms with van der Waals surface area (Å²) in [4.78, 5) is 27.3. The number of carbonyl (C=O) groups excluding carboxylic acids is 2. The van der Waals surface area contributed by atoms with Gasteiger partial charge in [0, 0.05) is 14.1 Å². The van der Waals surface area contributed by atoms with E-state index in [2.05, 4.69) is 5.32 Å². The fourth-order valence-electron chi connectivity index (χ4n) is 2.12. The van der Waals surface area contributed by atoms with Crippen molar-refractivity contribution < 1.29 is 14.0 Å². The summed E-state index contributed by atoms with van der Waals surface area (Å²) in [6, 6.07) is 7.35. The first kappa shape index (κ1) is 16.3. The molecule has 2 aromatic rings. The zero-order valence-corrected chi connectivity index (χ0v) is 14.2. The highest BCUT2D eigenvalue weighted by molar-refractivity contribution is 7.17. The van der Waals surface area contributed by atoms with E-state index in [-0.39, 0.29) is 11.8 Å². The SMILES string of the molecule is Cc1ccc(-c2ccc(C(=O)NC(C)(C)C(=O)N(C)C)s2)o1. The second kappa shape index (κ2) is 5.96. The van der Waals surface area contributed by atoms with Crippen LogP contribution in [-0.4, -0.2) is 36.3 Å². The molecule has 0 fully saturated rings. The Morgan fingerprint density at radius 1 is 1.18 bits per heavy atom. The number of rotatable bonds is 4. The van der Waals surface area contributed by atoms with Crippen molar-refractivity contribution in [2.45, 2.75) is 26.3 Å². The van der Waals surface area contributed by atoms with Gasteiger partial charge >= 0.3 is 0 Å². The molecule has 6 heteroatoms. The topological polar surface area (TPSA) is 62.6 Å². The monoisotopic (exact) mass is 320 g/mol. The molecule has 0 radical (unpaired) electrons. The fourth-order valence-corrected chi connectivity index (χ4v) is 2.98. The minimum Gasteiger partial charge on any atom is -0.461 e. The molecule has 0 saturated heterocycles. The van der Waals surface area contributed by atoms with Gasteiger partial charge < -0.3 is 14.6 Å². The summed E-state index contributed by atoms with van der Waals surface area (Å²) < 4.78 is 5.55. The molecule has 118 valence electrons. The summed E-state index contributed by atoms with van der Waals surface area (Å²) in [5.41, 5.74) is -0.952. The molecule has 0 atom stereocenters. The molecule has 0 bridgehead atoms. The van der Waals surface area contributed by atoms with Crippen LogP contribution in [0.4, 0.5) is 0 Å². The largest absolute Gasteiger partial charge is 0.461 e. The Morgan fingerprint density at radius 3 is 2.41 bits per heavy atom. The van der Waals surface area contributed by atoms with Gasteiger partial charge in [-0.25, -0.2) is 0 Å². The van der Waals surface area contributed by atoms with E-state index >= 15 is 0 Å². The van der Waals surface area contributed by atoms with Crippen LogP contribution >= 0.6 is 11.3 Å². The van der Waals surface area contributed by atoms with Crippen LogP contribution in [0.3, 0.4) is 0 Å². The van der Waals surface area contributed by atoms with Crippen LogP contribution in [0, 0.1) is 6.92 Å². The Bertz CT molecular complexity index is 698. The number of aryl methyl sites for hydroxylation is 1. The number of hydrogen-bond donors (Lipinski definition) is 1. The Hall–Kier alpha value is -2.08. The van der Waals surface area contributed by atoms with Gasteiger partial charge in [-0.15, -0.1) is 11.3 Å². The van der Waals surface area contributed by atoms with Crippen molar-refractivity contribution in [3.05, 3.63) is 34.9 Å². The van der Waals surface area contributed by atoms with Gasteiger partial charge in [-0.2, -0.15) is 0 Å². The summed E-state index contributed by atoms with van der Waals surface area (Å²) in [7, 11) is 3.33. The van der Waals surface area contributed by atoms with Crippen LogP contribution in [0.15, 0.2) is 28.7 Å². The molecule has 0 saturated carbocycles. The Balaban J connectivity index is 2.14. The molecule has 2 rings (SSSR count). The number of furan rings is 1. The number of likely N-dealkylation sites (N-methyl/N-ethyl adjacent to an activating group) is 1. The molecule has 0 aliphatic rings. The third-order valence-corrected chi connectivity index (χ3v) is 4.28. The van der Waals surface area contributed by atoms with E-state index in [1.807, 2.05) is 25.1 Å². The van der Waals surface area contributed by atoms with Gasteiger partial charge in [0.25, 0.3) is 5.91 Å². The number of thiophene rings is 1. The van der Waals surface area contributed by atoms with E-state index in [1.165, 1.54) is 16.2 Å². The van der Waals surface area contributed by atoms with Crippen molar-refractivity contribution in [2.24, 2.45) is 0 Å². The van der Waals surface area contributed by atoms with E-state index in [1.54, 1.807) is 34.0 Å². The molecular weight excluding hydrogens is 300 g/mol. The zero-order chi connectivity index (χ0) is 16.5. The van der Waals surface area contributed by atoms with Gasteiger partial charge in [-0.1, -0.05) is 0 Å². The minimum atomic E-state index is -0.952. The van der Waals surface area contributed by atoms with Crippen LogP contribution in [-0.2, 0) is 4.79 Å². The van der Waals surface area contributed by atoms with Crippen molar-refractivity contribution in [3.63, 3.8) is 0 Å². The third-order valence-electron chi connectivity index (χ3n) is 3.18. The van der Waals surface area contributed by atoms with Gasteiger partial charge in [0.1, 0.15) is 17.1 Å². The number of nitrogens with one attached hydrogen (secondary N) is 1. The lowest BCUT2D eigenvalue weighted by atomic mass is 10.0. The highest BCUT2D eigenvalue weighted by Gasteiger charge is 2.31. The van der Waals surface area contributed by atoms with Crippen LogP contribution in [0.5, 0.6) is 0 Å². The number of nitrogens with zero attached hydrogens (tertiary/aromatic N) is 1. The third kappa shape index (κ3) is 3.39. The van der Waals surface area contributed by atoms with Crippen LogP contribution < -0.4 is 5.32 Å². The zero-order valence-electron chi connectivity index (χ0n) is 13.4. The van der Waals surface area contributed by atoms with Crippen LogP contribution in [0.2, 0.25) is 0 Å². The van der Waals surface area contributed by atoms with Gasteiger partial charge in [-0.05, 0) is 45.0 Å². The highest BCUT2D eigenvalue weighted by Crippen LogP contribution is 2.29. The van der Waals surface area contributed by atoms with E-state index in [0.717, 1.165) is 16.4 Å². The minimum absolute atomic E-state index is 0.153. The van der Waals surface area contributed by atoms with Gasteiger partial charge in [0.15, 0.2) is 0 Å². The summed E-state index contributed by atoms with van der Waals surface area (Å²) in [5, 5.41) is 2.77. The standard InChI is InChI=1S/C16H20N2O3S/c1-10-6-7-11(21-10)12-8-9-13(22-12)14(19)17-16(2,3)15(20)18(4)5/h6-9H,1-5H3,(H,17,19). The van der Waals surface area contributed by atoms with Crippen molar-refractivity contribution in [1.82, 2.24) is 10.2 Å². The summed E-state index contributed by atoms with van der Waals surface area (Å²) in [5.74, 6) is 1.15. The first-order valence-electron chi connectivity index (χ1n) is 6.91. The number of amides is 2. The second-order valence-electron chi connectivity index (χ2n) is 5.85. The molecule has 5 nitrogen and oxygen atoms in total. The van der Waals surface area contributed by atoms with E-state index in [0.29, 0.717) is 4.88 Å². The summed E-state index contributed by atoms with van der Waals surface area (Å²) in [6.07, 6.45) is 0. The summed E-state index contributed by atoms with van der Waals surface area (Å²) >= 11 is 1.34. The van der Waals surface area contributed by atoms with Gasteiger partial charge in [-0.3, -0.25) is 9.59 Å². The second-order valence-corrected chi connectivity index (χ2v) is 6.94.